The summed E-state index contributed by atoms with van der Waals surface area (Å²) in [6, 6.07) is 31.6. The lowest BCUT2D eigenvalue weighted by Crippen LogP contribution is -1.85. The zero-order valence-electron chi connectivity index (χ0n) is 16.5. The zero-order valence-corrected chi connectivity index (χ0v) is 18.1. The number of rotatable bonds is 8. The predicted octanol–water partition coefficient (Wildman–Crippen LogP) is 8.59. The standard InChI is InChI=1S/C26H24OS2/c1-2-3-19-23-25(28-21-15-9-5-10-16-21)26(29-22-17-11-6-12-18-22)24(27-23)20-13-7-4-8-14-20/h4-18H,2-3,19H2,1H3. The summed E-state index contributed by atoms with van der Waals surface area (Å²) in [6.45, 7) is 2.23. The number of furan rings is 1. The Labute approximate surface area is 181 Å². The third kappa shape index (κ3) is 4.98. The van der Waals surface area contributed by atoms with Crippen LogP contribution >= 0.6 is 23.5 Å². The van der Waals surface area contributed by atoms with Crippen LogP contribution in [0.2, 0.25) is 0 Å². The van der Waals surface area contributed by atoms with Gasteiger partial charge in [-0.05, 0) is 30.7 Å². The second-order valence-electron chi connectivity index (χ2n) is 6.81. The summed E-state index contributed by atoms with van der Waals surface area (Å²) in [6.07, 6.45) is 3.23. The molecule has 0 N–H and O–H groups in total. The molecule has 0 aliphatic heterocycles. The highest BCUT2D eigenvalue weighted by molar-refractivity contribution is 8.02. The predicted molar refractivity (Wildman–Crippen MR) is 124 cm³/mol. The quantitative estimate of drug-likeness (QED) is 0.285. The van der Waals surface area contributed by atoms with Gasteiger partial charge in [0.1, 0.15) is 11.5 Å². The lowest BCUT2D eigenvalue weighted by atomic mass is 10.2. The van der Waals surface area contributed by atoms with Crippen LogP contribution in [0.25, 0.3) is 11.3 Å². The summed E-state index contributed by atoms with van der Waals surface area (Å²) in [5.74, 6) is 2.07. The molecule has 1 heterocycles. The highest BCUT2D eigenvalue weighted by Crippen LogP contribution is 2.48. The molecule has 29 heavy (non-hydrogen) atoms. The Kier molecular flexibility index (Phi) is 6.81. The molecular weight excluding hydrogens is 392 g/mol. The minimum atomic E-state index is 0.959. The topological polar surface area (TPSA) is 13.1 Å². The van der Waals surface area contributed by atoms with Gasteiger partial charge < -0.3 is 4.42 Å². The smallest absolute Gasteiger partial charge is 0.149 e. The van der Waals surface area contributed by atoms with Crippen molar-refractivity contribution < 1.29 is 4.42 Å². The number of hydrogen-bond acceptors (Lipinski definition) is 3. The highest BCUT2D eigenvalue weighted by Gasteiger charge is 2.23. The van der Waals surface area contributed by atoms with Crippen LogP contribution in [0.3, 0.4) is 0 Å². The molecule has 1 aromatic heterocycles. The first kappa shape index (κ1) is 19.9. The molecule has 0 saturated carbocycles. The number of aryl methyl sites for hydroxylation is 1. The molecule has 4 aromatic rings. The molecule has 0 radical (unpaired) electrons. The summed E-state index contributed by atoms with van der Waals surface area (Å²) in [4.78, 5) is 4.92. The summed E-state index contributed by atoms with van der Waals surface area (Å²) in [5, 5.41) is 0. The Morgan fingerprint density at radius 1 is 0.655 bits per heavy atom. The van der Waals surface area contributed by atoms with E-state index in [1.807, 2.05) is 17.8 Å². The summed E-state index contributed by atoms with van der Waals surface area (Å²) < 4.78 is 6.54. The first-order chi connectivity index (χ1) is 14.3. The summed E-state index contributed by atoms with van der Waals surface area (Å²) >= 11 is 3.61. The van der Waals surface area contributed by atoms with E-state index in [0.29, 0.717) is 0 Å². The van der Waals surface area contributed by atoms with E-state index in [2.05, 4.69) is 91.9 Å². The van der Waals surface area contributed by atoms with E-state index in [9.17, 15) is 0 Å². The van der Waals surface area contributed by atoms with Crippen molar-refractivity contribution in [1.29, 1.82) is 0 Å². The van der Waals surface area contributed by atoms with E-state index in [-0.39, 0.29) is 0 Å². The molecule has 3 aromatic carbocycles. The zero-order chi connectivity index (χ0) is 19.9. The molecule has 0 atom stereocenters. The number of hydrogen-bond donors (Lipinski definition) is 0. The molecule has 0 aliphatic rings. The van der Waals surface area contributed by atoms with E-state index in [4.69, 9.17) is 4.42 Å². The average Bonchev–Trinajstić information content (AvgIpc) is 3.11. The molecule has 4 rings (SSSR count). The van der Waals surface area contributed by atoms with Gasteiger partial charge in [0.2, 0.25) is 0 Å². The van der Waals surface area contributed by atoms with Crippen LogP contribution in [0, 0.1) is 0 Å². The molecule has 1 nitrogen and oxygen atoms in total. The van der Waals surface area contributed by atoms with Crippen molar-refractivity contribution in [2.45, 2.75) is 45.8 Å². The van der Waals surface area contributed by atoms with Crippen molar-refractivity contribution in [1.82, 2.24) is 0 Å². The normalized spacial score (nSPS) is 10.9. The Morgan fingerprint density at radius 3 is 1.72 bits per heavy atom. The van der Waals surface area contributed by atoms with Crippen molar-refractivity contribution in [3.05, 3.63) is 96.8 Å². The van der Waals surface area contributed by atoms with Crippen LogP contribution in [0.5, 0.6) is 0 Å². The molecule has 146 valence electrons. The average molecular weight is 417 g/mol. The fourth-order valence-electron chi connectivity index (χ4n) is 3.14. The van der Waals surface area contributed by atoms with Crippen molar-refractivity contribution in [2.24, 2.45) is 0 Å². The fourth-order valence-corrected chi connectivity index (χ4v) is 5.35. The van der Waals surface area contributed by atoms with Gasteiger partial charge >= 0.3 is 0 Å². The minimum absolute atomic E-state index is 0.959. The fraction of sp³-hybridized carbons (Fsp3) is 0.154. The molecule has 3 heteroatoms. The molecule has 0 fully saturated rings. The molecule has 0 spiro atoms. The lowest BCUT2D eigenvalue weighted by Gasteiger charge is -2.07. The molecular formula is C26H24OS2. The largest absolute Gasteiger partial charge is 0.459 e. The maximum Gasteiger partial charge on any atom is 0.149 e. The van der Waals surface area contributed by atoms with Crippen LogP contribution in [-0.2, 0) is 6.42 Å². The molecule has 0 bridgehead atoms. The van der Waals surface area contributed by atoms with Crippen molar-refractivity contribution >= 4 is 23.5 Å². The number of benzene rings is 3. The van der Waals surface area contributed by atoms with Crippen LogP contribution in [-0.4, -0.2) is 0 Å². The van der Waals surface area contributed by atoms with E-state index in [0.717, 1.165) is 36.3 Å². The van der Waals surface area contributed by atoms with Gasteiger partial charge in [0.15, 0.2) is 0 Å². The van der Waals surface area contributed by atoms with Gasteiger partial charge in [-0.1, -0.05) is 104 Å². The summed E-state index contributed by atoms with van der Waals surface area (Å²) in [5.41, 5.74) is 1.13. The van der Waals surface area contributed by atoms with Crippen molar-refractivity contribution in [3.8, 4) is 11.3 Å². The molecule has 0 unspecified atom stereocenters. The van der Waals surface area contributed by atoms with Gasteiger partial charge in [0.05, 0.1) is 9.79 Å². The van der Waals surface area contributed by atoms with Crippen LogP contribution in [0.15, 0.2) is 115 Å². The third-order valence-corrected chi connectivity index (χ3v) is 6.99. The van der Waals surface area contributed by atoms with E-state index in [1.165, 1.54) is 19.6 Å². The molecule has 0 saturated heterocycles. The van der Waals surface area contributed by atoms with Gasteiger partial charge in [0, 0.05) is 21.8 Å². The van der Waals surface area contributed by atoms with E-state index >= 15 is 0 Å². The van der Waals surface area contributed by atoms with Gasteiger partial charge in [-0.2, -0.15) is 0 Å². The Balaban J connectivity index is 1.83. The first-order valence-electron chi connectivity index (χ1n) is 10.0. The second kappa shape index (κ2) is 9.91. The second-order valence-corrected chi connectivity index (χ2v) is 8.98. The van der Waals surface area contributed by atoms with Crippen molar-refractivity contribution in [2.75, 3.05) is 0 Å². The Bertz CT molecular complexity index is 1020. The van der Waals surface area contributed by atoms with Crippen molar-refractivity contribution in [3.63, 3.8) is 0 Å². The van der Waals surface area contributed by atoms with E-state index in [1.54, 1.807) is 11.8 Å². The SMILES string of the molecule is CCCCc1oc(-c2ccccc2)c(Sc2ccccc2)c1Sc1ccccc1. The number of unbranched alkanes of at least 4 members (excludes halogenated alkanes) is 1. The van der Waals surface area contributed by atoms with Gasteiger partial charge in [0.25, 0.3) is 0 Å². The van der Waals surface area contributed by atoms with Crippen LogP contribution in [0.1, 0.15) is 25.5 Å². The highest BCUT2D eigenvalue weighted by atomic mass is 32.2. The third-order valence-electron chi connectivity index (χ3n) is 4.61. The van der Waals surface area contributed by atoms with Crippen LogP contribution in [0.4, 0.5) is 0 Å². The van der Waals surface area contributed by atoms with Gasteiger partial charge in [-0.25, -0.2) is 0 Å². The minimum Gasteiger partial charge on any atom is -0.459 e. The van der Waals surface area contributed by atoms with Gasteiger partial charge in [-0.15, -0.1) is 0 Å². The van der Waals surface area contributed by atoms with E-state index < -0.39 is 0 Å². The monoisotopic (exact) mass is 416 g/mol. The van der Waals surface area contributed by atoms with Crippen LogP contribution < -0.4 is 0 Å². The first-order valence-corrected chi connectivity index (χ1v) is 11.7. The Hall–Kier alpha value is -2.36. The maximum atomic E-state index is 6.54. The molecule has 0 amide bonds. The lowest BCUT2D eigenvalue weighted by molar-refractivity contribution is 0.502. The summed E-state index contributed by atoms with van der Waals surface area (Å²) in [7, 11) is 0. The van der Waals surface area contributed by atoms with Gasteiger partial charge in [-0.3, -0.25) is 0 Å². The maximum absolute atomic E-state index is 6.54. The Morgan fingerprint density at radius 2 is 1.17 bits per heavy atom. The molecule has 0 aliphatic carbocycles.